The minimum Gasteiger partial charge on any atom is -0.363 e. The van der Waals surface area contributed by atoms with E-state index in [0.29, 0.717) is 12.6 Å². The predicted octanol–water partition coefficient (Wildman–Crippen LogP) is 1.18. The van der Waals surface area contributed by atoms with Gasteiger partial charge in [0.05, 0.1) is 19.3 Å². The summed E-state index contributed by atoms with van der Waals surface area (Å²) in [7, 11) is 0. The van der Waals surface area contributed by atoms with Crippen molar-refractivity contribution in [1.82, 2.24) is 9.96 Å². The molecule has 3 aliphatic heterocycles. The molecule has 1 aliphatic carbocycles. The first-order valence-corrected chi connectivity index (χ1v) is 8.15. The Morgan fingerprint density at radius 3 is 2.75 bits per heavy atom. The average molecular weight is 280 g/mol. The Balaban J connectivity index is 1.34. The van der Waals surface area contributed by atoms with Gasteiger partial charge in [0, 0.05) is 19.1 Å². The van der Waals surface area contributed by atoms with Gasteiger partial charge in [-0.1, -0.05) is 0 Å². The lowest BCUT2D eigenvalue weighted by Crippen LogP contribution is -2.48. The molecular formula is C15H24N2O3. The molecule has 5 nitrogen and oxygen atoms in total. The molecule has 4 rings (SSSR count). The topological polar surface area (TPSA) is 42.0 Å². The highest BCUT2D eigenvalue weighted by atomic mass is 16.7. The van der Waals surface area contributed by atoms with Crippen LogP contribution in [0.3, 0.4) is 0 Å². The normalized spacial score (nSPS) is 38.2. The zero-order chi connectivity index (χ0) is 13.5. The van der Waals surface area contributed by atoms with E-state index >= 15 is 0 Å². The number of carbonyl (C=O) groups excluding carboxylic acids is 1. The number of ether oxygens (including phenoxy) is 1. The van der Waals surface area contributed by atoms with Crippen molar-refractivity contribution < 1.29 is 14.4 Å². The molecule has 0 N–H and O–H groups in total. The Kier molecular flexibility index (Phi) is 3.44. The maximum Gasteiger partial charge on any atom is 0.275 e. The lowest BCUT2D eigenvalue weighted by atomic mass is 9.98. The molecule has 3 saturated heterocycles. The minimum atomic E-state index is -0.268. The van der Waals surface area contributed by atoms with E-state index in [4.69, 9.17) is 9.57 Å². The molecule has 0 bridgehead atoms. The summed E-state index contributed by atoms with van der Waals surface area (Å²) in [6.07, 6.45) is 6.78. The lowest BCUT2D eigenvalue weighted by molar-refractivity contribution is -0.189. The highest BCUT2D eigenvalue weighted by Gasteiger charge is 2.44. The van der Waals surface area contributed by atoms with Gasteiger partial charge in [-0.25, -0.2) is 5.06 Å². The van der Waals surface area contributed by atoms with Crippen molar-refractivity contribution in [3.63, 3.8) is 0 Å². The molecule has 0 aromatic heterocycles. The number of amides is 1. The smallest absolute Gasteiger partial charge is 0.275 e. The first-order valence-electron chi connectivity index (χ1n) is 8.15. The average Bonchev–Trinajstić information content (AvgIpc) is 2.98. The lowest BCUT2D eigenvalue weighted by Gasteiger charge is -2.36. The van der Waals surface area contributed by atoms with Crippen LogP contribution in [0.1, 0.15) is 38.5 Å². The van der Waals surface area contributed by atoms with Gasteiger partial charge < -0.3 is 4.74 Å². The van der Waals surface area contributed by atoms with Crippen molar-refractivity contribution in [2.24, 2.45) is 5.92 Å². The van der Waals surface area contributed by atoms with E-state index in [9.17, 15) is 4.79 Å². The van der Waals surface area contributed by atoms with Gasteiger partial charge in [-0.15, -0.1) is 0 Å². The quantitative estimate of drug-likeness (QED) is 0.778. The summed E-state index contributed by atoms with van der Waals surface area (Å²) in [5, 5.41) is 1.52. The summed E-state index contributed by atoms with van der Waals surface area (Å²) in [5.41, 5.74) is 0. The number of hydrogen-bond acceptors (Lipinski definition) is 4. The third-order valence-corrected chi connectivity index (χ3v) is 5.13. The van der Waals surface area contributed by atoms with Gasteiger partial charge in [0.1, 0.15) is 6.10 Å². The van der Waals surface area contributed by atoms with Crippen LogP contribution in [0.2, 0.25) is 0 Å². The molecule has 0 spiro atoms. The fraction of sp³-hybridized carbons (Fsp3) is 0.933. The third-order valence-electron chi connectivity index (χ3n) is 5.13. The van der Waals surface area contributed by atoms with Crippen LogP contribution in [0.5, 0.6) is 0 Å². The monoisotopic (exact) mass is 280 g/mol. The van der Waals surface area contributed by atoms with Crippen molar-refractivity contribution >= 4 is 5.91 Å². The number of hydrogen-bond donors (Lipinski definition) is 0. The van der Waals surface area contributed by atoms with Gasteiger partial charge >= 0.3 is 0 Å². The Morgan fingerprint density at radius 2 is 2.00 bits per heavy atom. The largest absolute Gasteiger partial charge is 0.363 e. The zero-order valence-electron chi connectivity index (χ0n) is 12.0. The Bertz CT molecular complexity index is 379. The second-order valence-electron chi connectivity index (χ2n) is 6.66. The molecule has 3 heterocycles. The third kappa shape index (κ3) is 2.47. The van der Waals surface area contributed by atoms with Gasteiger partial charge in [0.15, 0.2) is 0 Å². The highest BCUT2D eigenvalue weighted by Crippen LogP contribution is 2.36. The van der Waals surface area contributed by atoms with Crippen molar-refractivity contribution in [2.45, 2.75) is 56.8 Å². The van der Waals surface area contributed by atoms with Crippen molar-refractivity contribution in [3.8, 4) is 0 Å². The SMILES string of the molecule is O=C([C@H]1CC[C@@H]2[C@@H](CCN2CC2CC2)O1)N1CCCO1. The molecule has 1 saturated carbocycles. The Hall–Kier alpha value is -0.650. The van der Waals surface area contributed by atoms with Crippen molar-refractivity contribution in [2.75, 3.05) is 26.2 Å². The van der Waals surface area contributed by atoms with Crippen LogP contribution in [0.25, 0.3) is 0 Å². The van der Waals surface area contributed by atoms with E-state index in [-0.39, 0.29) is 18.1 Å². The maximum absolute atomic E-state index is 12.3. The molecule has 0 unspecified atom stereocenters. The Labute approximate surface area is 120 Å². The second-order valence-corrected chi connectivity index (χ2v) is 6.66. The zero-order valence-corrected chi connectivity index (χ0v) is 12.0. The molecule has 5 heteroatoms. The van der Waals surface area contributed by atoms with Crippen LogP contribution >= 0.6 is 0 Å². The van der Waals surface area contributed by atoms with E-state index in [1.54, 1.807) is 0 Å². The second kappa shape index (κ2) is 5.28. The fourth-order valence-corrected chi connectivity index (χ4v) is 3.84. The molecule has 0 aromatic rings. The summed E-state index contributed by atoms with van der Waals surface area (Å²) >= 11 is 0. The van der Waals surface area contributed by atoms with Gasteiger partial charge in [-0.2, -0.15) is 0 Å². The van der Waals surface area contributed by atoms with Crippen LogP contribution in [0.4, 0.5) is 0 Å². The summed E-state index contributed by atoms with van der Waals surface area (Å²) in [6.45, 7) is 3.78. The van der Waals surface area contributed by atoms with Gasteiger partial charge in [-0.05, 0) is 44.4 Å². The molecule has 4 aliphatic rings. The van der Waals surface area contributed by atoms with Crippen molar-refractivity contribution in [1.29, 1.82) is 0 Å². The predicted molar refractivity (Wildman–Crippen MR) is 72.9 cm³/mol. The minimum absolute atomic E-state index is 0.0431. The number of carbonyl (C=O) groups is 1. The number of rotatable bonds is 3. The summed E-state index contributed by atoms with van der Waals surface area (Å²) in [4.78, 5) is 20.3. The summed E-state index contributed by atoms with van der Waals surface area (Å²) < 4.78 is 6.10. The molecular weight excluding hydrogens is 256 g/mol. The van der Waals surface area contributed by atoms with Crippen LogP contribution in [-0.4, -0.2) is 60.4 Å². The maximum atomic E-state index is 12.3. The molecule has 0 radical (unpaired) electrons. The Morgan fingerprint density at radius 1 is 1.10 bits per heavy atom. The van der Waals surface area contributed by atoms with Crippen LogP contribution in [-0.2, 0) is 14.4 Å². The van der Waals surface area contributed by atoms with E-state index in [1.165, 1.54) is 24.4 Å². The molecule has 0 aromatic carbocycles. The number of hydroxylamine groups is 2. The molecule has 20 heavy (non-hydrogen) atoms. The summed E-state index contributed by atoms with van der Waals surface area (Å²) in [5.74, 6) is 0.979. The fourth-order valence-electron chi connectivity index (χ4n) is 3.84. The molecule has 1 amide bonds. The van der Waals surface area contributed by atoms with Gasteiger partial charge in [0.2, 0.25) is 0 Å². The standard InChI is InChI=1S/C15H24N2O3/c18-15(17-7-1-9-19-17)14-5-4-12-13(20-14)6-8-16(12)10-11-2-3-11/h11-14H,1-10H2/t12-,13-,14-/m1/s1. The van der Waals surface area contributed by atoms with E-state index in [0.717, 1.165) is 44.7 Å². The highest BCUT2D eigenvalue weighted by molar-refractivity contribution is 5.80. The van der Waals surface area contributed by atoms with Gasteiger partial charge in [-0.3, -0.25) is 14.5 Å². The van der Waals surface area contributed by atoms with Crippen molar-refractivity contribution in [3.05, 3.63) is 0 Å². The van der Waals surface area contributed by atoms with E-state index in [2.05, 4.69) is 4.90 Å². The summed E-state index contributed by atoms with van der Waals surface area (Å²) in [6, 6.07) is 0.555. The first kappa shape index (κ1) is 13.0. The van der Waals surface area contributed by atoms with Crippen LogP contribution < -0.4 is 0 Å². The number of likely N-dealkylation sites (tertiary alicyclic amines) is 1. The molecule has 4 fully saturated rings. The van der Waals surface area contributed by atoms with Crippen LogP contribution in [0.15, 0.2) is 0 Å². The molecule has 112 valence electrons. The first-order chi connectivity index (χ1) is 9.81. The number of nitrogens with zero attached hydrogens (tertiary/aromatic N) is 2. The molecule has 3 atom stereocenters. The number of fused-ring (bicyclic) bond motifs is 1. The van der Waals surface area contributed by atoms with Gasteiger partial charge in [0.25, 0.3) is 5.91 Å². The van der Waals surface area contributed by atoms with E-state index < -0.39 is 0 Å². The van der Waals surface area contributed by atoms with E-state index in [1.807, 2.05) is 0 Å². The van der Waals surface area contributed by atoms with Crippen LogP contribution in [0, 0.1) is 5.92 Å².